The number of anilines is 1. The van der Waals surface area contributed by atoms with E-state index in [1.807, 2.05) is 13.8 Å². The van der Waals surface area contributed by atoms with Crippen LogP contribution in [0.3, 0.4) is 0 Å². The van der Waals surface area contributed by atoms with Gasteiger partial charge in [-0.3, -0.25) is 9.10 Å². The Balaban J connectivity index is 2.41. The quantitative estimate of drug-likeness (QED) is 0.843. The van der Waals surface area contributed by atoms with Gasteiger partial charge in [-0.15, -0.1) is 0 Å². The normalized spacial score (nSPS) is 17.3. The van der Waals surface area contributed by atoms with Gasteiger partial charge in [0.25, 0.3) is 5.91 Å². The Labute approximate surface area is 136 Å². The molecule has 0 atom stereocenters. The molecular weight excluding hydrogens is 324 g/mol. The van der Waals surface area contributed by atoms with Gasteiger partial charge in [0.1, 0.15) is 0 Å². The van der Waals surface area contributed by atoms with Gasteiger partial charge < -0.3 is 4.90 Å². The summed E-state index contributed by atoms with van der Waals surface area (Å²) < 4.78 is 25.8. The Kier molecular flexibility index (Phi) is 5.34. The number of carbonyl (C=O) groups excluding carboxylic acids is 1. The number of hydrogen-bond donors (Lipinski definition) is 0. The minimum absolute atomic E-state index is 0.114. The first-order valence-electron chi connectivity index (χ1n) is 7.50. The van der Waals surface area contributed by atoms with Crippen LogP contribution < -0.4 is 4.31 Å². The summed E-state index contributed by atoms with van der Waals surface area (Å²) in [6.07, 6.45) is 1.46. The molecule has 1 amide bonds. The van der Waals surface area contributed by atoms with Gasteiger partial charge in [-0.25, -0.2) is 8.42 Å². The Morgan fingerprint density at radius 2 is 1.95 bits per heavy atom. The zero-order valence-corrected chi connectivity index (χ0v) is 14.5. The first-order chi connectivity index (χ1) is 10.4. The number of rotatable bonds is 4. The van der Waals surface area contributed by atoms with Crippen LogP contribution in [-0.4, -0.2) is 44.6 Å². The van der Waals surface area contributed by atoms with Gasteiger partial charge >= 0.3 is 0 Å². The average molecular weight is 345 g/mol. The predicted octanol–water partition coefficient (Wildman–Crippen LogP) is 2.75. The highest BCUT2D eigenvalue weighted by Gasteiger charge is 2.28. The van der Waals surface area contributed by atoms with Crippen LogP contribution in [0.2, 0.25) is 5.02 Å². The van der Waals surface area contributed by atoms with E-state index < -0.39 is 10.0 Å². The maximum atomic E-state index is 12.4. The topological polar surface area (TPSA) is 57.7 Å². The van der Waals surface area contributed by atoms with Crippen LogP contribution in [0, 0.1) is 0 Å². The monoisotopic (exact) mass is 344 g/mol. The fourth-order valence-electron chi connectivity index (χ4n) is 2.59. The summed E-state index contributed by atoms with van der Waals surface area (Å²) >= 11 is 6.18. The highest BCUT2D eigenvalue weighted by Crippen LogP contribution is 2.32. The van der Waals surface area contributed by atoms with Gasteiger partial charge in [0.15, 0.2) is 0 Å². The molecule has 0 unspecified atom stereocenters. The molecular formula is C15H21ClN2O3S. The molecule has 7 heteroatoms. The van der Waals surface area contributed by atoms with E-state index in [1.165, 1.54) is 4.31 Å². The van der Waals surface area contributed by atoms with Crippen molar-refractivity contribution in [3.05, 3.63) is 28.8 Å². The third-order valence-electron chi connectivity index (χ3n) is 3.86. The number of halogens is 1. The molecule has 0 N–H and O–H groups in total. The van der Waals surface area contributed by atoms with Gasteiger partial charge in [0, 0.05) is 25.2 Å². The smallest absolute Gasteiger partial charge is 0.253 e. The van der Waals surface area contributed by atoms with Crippen molar-refractivity contribution >= 4 is 33.2 Å². The van der Waals surface area contributed by atoms with Crippen molar-refractivity contribution in [2.45, 2.75) is 26.7 Å². The average Bonchev–Trinajstić information content (AvgIpc) is 2.49. The maximum Gasteiger partial charge on any atom is 0.253 e. The Morgan fingerprint density at radius 3 is 2.55 bits per heavy atom. The number of nitrogens with zero attached hydrogens (tertiary/aromatic N) is 2. The molecule has 1 saturated heterocycles. The molecule has 122 valence electrons. The van der Waals surface area contributed by atoms with Crippen LogP contribution in [0.5, 0.6) is 0 Å². The second-order valence-corrected chi connectivity index (χ2v) is 7.66. The summed E-state index contributed by atoms with van der Waals surface area (Å²) in [5.41, 5.74) is 0.864. The van der Waals surface area contributed by atoms with E-state index in [0.29, 0.717) is 42.3 Å². The summed E-state index contributed by atoms with van der Waals surface area (Å²) in [5, 5.41) is 0.349. The van der Waals surface area contributed by atoms with Crippen LogP contribution >= 0.6 is 11.6 Å². The lowest BCUT2D eigenvalue weighted by atomic mass is 10.1. The molecule has 1 aromatic rings. The van der Waals surface area contributed by atoms with Gasteiger partial charge in [0.05, 0.1) is 16.5 Å². The summed E-state index contributed by atoms with van der Waals surface area (Å²) in [4.78, 5) is 14.1. The number of hydrogen-bond acceptors (Lipinski definition) is 3. The van der Waals surface area contributed by atoms with Crippen LogP contribution in [0.4, 0.5) is 5.69 Å². The lowest BCUT2D eigenvalue weighted by Crippen LogP contribution is -2.38. The molecule has 1 aromatic carbocycles. The van der Waals surface area contributed by atoms with E-state index in [0.717, 1.165) is 6.42 Å². The van der Waals surface area contributed by atoms with Crippen molar-refractivity contribution in [3.63, 3.8) is 0 Å². The standard InChI is InChI=1S/C15H21ClN2O3S/c1-3-17(4-2)15(19)12-7-8-13(16)14(11-12)18-9-5-6-10-22(18,20)21/h7-8,11H,3-6,9-10H2,1-2H3. The molecule has 0 saturated carbocycles. The Hall–Kier alpha value is -1.27. The van der Waals surface area contributed by atoms with E-state index in [4.69, 9.17) is 11.6 Å². The third kappa shape index (κ3) is 3.38. The van der Waals surface area contributed by atoms with E-state index in [2.05, 4.69) is 0 Å². The van der Waals surface area contributed by atoms with E-state index in [1.54, 1.807) is 23.1 Å². The summed E-state index contributed by atoms with van der Waals surface area (Å²) in [6, 6.07) is 4.83. The van der Waals surface area contributed by atoms with Gasteiger partial charge in [-0.2, -0.15) is 0 Å². The lowest BCUT2D eigenvalue weighted by molar-refractivity contribution is 0.0773. The van der Waals surface area contributed by atoms with Gasteiger partial charge in [0.2, 0.25) is 10.0 Å². The lowest BCUT2D eigenvalue weighted by Gasteiger charge is -2.29. The molecule has 0 radical (unpaired) electrons. The SMILES string of the molecule is CCN(CC)C(=O)c1ccc(Cl)c(N2CCCCS2(=O)=O)c1. The zero-order chi connectivity index (χ0) is 16.3. The first kappa shape index (κ1) is 17.1. The molecule has 1 aliphatic heterocycles. The van der Waals surface area contributed by atoms with Crippen molar-refractivity contribution in [1.82, 2.24) is 4.90 Å². The fourth-order valence-corrected chi connectivity index (χ4v) is 4.51. The van der Waals surface area contributed by atoms with E-state index >= 15 is 0 Å². The maximum absolute atomic E-state index is 12.4. The van der Waals surface area contributed by atoms with Crippen molar-refractivity contribution in [3.8, 4) is 0 Å². The Morgan fingerprint density at radius 1 is 1.27 bits per heavy atom. The number of sulfonamides is 1. The molecule has 2 rings (SSSR count). The van der Waals surface area contributed by atoms with Crippen LogP contribution in [0.25, 0.3) is 0 Å². The number of benzene rings is 1. The van der Waals surface area contributed by atoms with Crippen molar-refractivity contribution in [1.29, 1.82) is 0 Å². The first-order valence-corrected chi connectivity index (χ1v) is 9.48. The molecule has 1 heterocycles. The van der Waals surface area contributed by atoms with E-state index in [9.17, 15) is 13.2 Å². The summed E-state index contributed by atoms with van der Waals surface area (Å²) in [7, 11) is -3.35. The predicted molar refractivity (Wildman–Crippen MR) is 89.1 cm³/mol. The molecule has 22 heavy (non-hydrogen) atoms. The molecule has 1 fully saturated rings. The molecule has 0 bridgehead atoms. The molecule has 0 spiro atoms. The van der Waals surface area contributed by atoms with Crippen molar-refractivity contribution in [2.75, 3.05) is 29.7 Å². The van der Waals surface area contributed by atoms with Crippen LogP contribution in [0.1, 0.15) is 37.0 Å². The molecule has 0 aliphatic carbocycles. The number of carbonyl (C=O) groups is 1. The summed E-state index contributed by atoms with van der Waals surface area (Å²) in [6.45, 7) is 5.44. The number of amides is 1. The fraction of sp³-hybridized carbons (Fsp3) is 0.533. The molecule has 0 aromatic heterocycles. The second-order valence-electron chi connectivity index (χ2n) is 5.24. The highest BCUT2D eigenvalue weighted by molar-refractivity contribution is 7.92. The highest BCUT2D eigenvalue weighted by atomic mass is 35.5. The van der Waals surface area contributed by atoms with Crippen molar-refractivity contribution < 1.29 is 13.2 Å². The zero-order valence-electron chi connectivity index (χ0n) is 12.9. The largest absolute Gasteiger partial charge is 0.339 e. The summed E-state index contributed by atoms with van der Waals surface area (Å²) in [5.74, 6) is 0.00898. The minimum Gasteiger partial charge on any atom is -0.339 e. The molecule has 5 nitrogen and oxygen atoms in total. The van der Waals surface area contributed by atoms with E-state index in [-0.39, 0.29) is 11.7 Å². The van der Waals surface area contributed by atoms with Crippen LogP contribution in [-0.2, 0) is 10.0 Å². The van der Waals surface area contributed by atoms with Crippen LogP contribution in [0.15, 0.2) is 18.2 Å². The molecule has 1 aliphatic rings. The van der Waals surface area contributed by atoms with Crippen molar-refractivity contribution in [2.24, 2.45) is 0 Å². The van der Waals surface area contributed by atoms with Gasteiger partial charge in [-0.05, 0) is 44.9 Å². The third-order valence-corrected chi connectivity index (χ3v) is 6.04. The Bertz CT molecular complexity index is 657. The van der Waals surface area contributed by atoms with Gasteiger partial charge in [-0.1, -0.05) is 11.6 Å². The second kappa shape index (κ2) is 6.87. The minimum atomic E-state index is -3.35.